The molecule has 2 aliphatic carbocycles. The van der Waals surface area contributed by atoms with Crippen LogP contribution in [0.15, 0.2) is 24.8 Å². The van der Waals surface area contributed by atoms with Crippen LogP contribution in [-0.4, -0.2) is 23.1 Å². The Labute approximate surface area is 158 Å². The standard InChI is InChI=1S/C13H22O2.C9H14O2/c1-9(12(14)15)10-5-7-11(8-6-10)13(2,3)4;1-2-9(10)11-8-6-4-3-5-7-8/h10-11H,1,5-8H2,2-4H3,(H,14,15);2,8H,1,3-7H2. The highest BCUT2D eigenvalue weighted by molar-refractivity contribution is 5.86. The van der Waals surface area contributed by atoms with Gasteiger partial charge in [0.25, 0.3) is 0 Å². The van der Waals surface area contributed by atoms with Gasteiger partial charge in [-0.05, 0) is 68.6 Å². The van der Waals surface area contributed by atoms with Gasteiger partial charge in [-0.15, -0.1) is 0 Å². The number of rotatable bonds is 4. The van der Waals surface area contributed by atoms with E-state index in [-0.39, 0.29) is 18.0 Å². The average Bonchev–Trinajstić information content (AvgIpc) is 2.61. The first-order chi connectivity index (χ1) is 12.1. The fourth-order valence-electron chi connectivity index (χ4n) is 3.88. The summed E-state index contributed by atoms with van der Waals surface area (Å²) in [4.78, 5) is 21.5. The minimum absolute atomic E-state index is 0.161. The van der Waals surface area contributed by atoms with E-state index in [2.05, 4.69) is 33.9 Å². The van der Waals surface area contributed by atoms with Crippen molar-refractivity contribution < 1.29 is 19.4 Å². The van der Waals surface area contributed by atoms with Crippen LogP contribution in [0.5, 0.6) is 0 Å². The summed E-state index contributed by atoms with van der Waals surface area (Å²) in [6, 6.07) is 0. The van der Waals surface area contributed by atoms with Gasteiger partial charge in [-0.3, -0.25) is 0 Å². The summed E-state index contributed by atoms with van der Waals surface area (Å²) in [5, 5.41) is 8.86. The van der Waals surface area contributed by atoms with Gasteiger partial charge in [0.15, 0.2) is 0 Å². The van der Waals surface area contributed by atoms with Gasteiger partial charge in [0.1, 0.15) is 6.10 Å². The Hall–Kier alpha value is -1.58. The zero-order valence-electron chi connectivity index (χ0n) is 16.8. The number of carboxylic acids is 1. The van der Waals surface area contributed by atoms with E-state index in [0.29, 0.717) is 11.0 Å². The van der Waals surface area contributed by atoms with Gasteiger partial charge >= 0.3 is 11.9 Å². The Morgan fingerprint density at radius 3 is 1.96 bits per heavy atom. The fraction of sp³-hybridized carbons (Fsp3) is 0.727. The first-order valence-corrected chi connectivity index (χ1v) is 9.90. The van der Waals surface area contributed by atoms with Gasteiger partial charge in [-0.1, -0.05) is 40.3 Å². The maximum absolute atomic E-state index is 10.8. The zero-order valence-corrected chi connectivity index (χ0v) is 16.8. The molecular formula is C22H36O4. The highest BCUT2D eigenvalue weighted by Crippen LogP contribution is 2.41. The second-order valence-corrected chi connectivity index (χ2v) is 8.65. The Morgan fingerprint density at radius 1 is 1.00 bits per heavy atom. The van der Waals surface area contributed by atoms with E-state index in [0.717, 1.165) is 44.4 Å². The molecule has 0 aromatic heterocycles. The minimum Gasteiger partial charge on any atom is -0.478 e. The molecule has 0 aromatic rings. The van der Waals surface area contributed by atoms with Crippen LogP contribution in [0.4, 0.5) is 0 Å². The first kappa shape index (κ1) is 22.5. The van der Waals surface area contributed by atoms with Gasteiger partial charge < -0.3 is 9.84 Å². The molecule has 0 saturated heterocycles. The van der Waals surface area contributed by atoms with Crippen LogP contribution in [0.1, 0.15) is 78.6 Å². The van der Waals surface area contributed by atoms with Crippen LogP contribution in [0.25, 0.3) is 0 Å². The van der Waals surface area contributed by atoms with Crippen LogP contribution in [-0.2, 0) is 14.3 Å². The summed E-state index contributed by atoms with van der Waals surface area (Å²) in [6.07, 6.45) is 11.4. The van der Waals surface area contributed by atoms with Crippen molar-refractivity contribution in [2.45, 2.75) is 84.7 Å². The quantitative estimate of drug-likeness (QED) is 0.526. The van der Waals surface area contributed by atoms with Crippen molar-refractivity contribution in [1.82, 2.24) is 0 Å². The van der Waals surface area contributed by atoms with E-state index in [1.807, 2.05) is 0 Å². The lowest BCUT2D eigenvalue weighted by Crippen LogP contribution is -2.27. The molecule has 4 nitrogen and oxygen atoms in total. The van der Waals surface area contributed by atoms with E-state index < -0.39 is 5.97 Å². The second kappa shape index (κ2) is 10.5. The van der Waals surface area contributed by atoms with Gasteiger partial charge in [-0.25, -0.2) is 9.59 Å². The van der Waals surface area contributed by atoms with E-state index in [1.165, 1.54) is 25.3 Å². The van der Waals surface area contributed by atoms with Crippen LogP contribution < -0.4 is 0 Å². The molecule has 0 amide bonds. The third kappa shape index (κ3) is 7.76. The Kier molecular flexibility index (Phi) is 9.11. The van der Waals surface area contributed by atoms with Crippen molar-refractivity contribution >= 4 is 11.9 Å². The molecule has 0 spiro atoms. The topological polar surface area (TPSA) is 63.6 Å². The highest BCUT2D eigenvalue weighted by Gasteiger charge is 2.31. The van der Waals surface area contributed by atoms with Crippen LogP contribution >= 0.6 is 0 Å². The molecule has 0 heterocycles. The summed E-state index contributed by atoms with van der Waals surface area (Å²) in [5.74, 6) is -0.164. The summed E-state index contributed by atoms with van der Waals surface area (Å²) < 4.78 is 5.08. The van der Waals surface area contributed by atoms with Crippen LogP contribution in [0, 0.1) is 17.3 Å². The number of ether oxygens (including phenoxy) is 1. The lowest BCUT2D eigenvalue weighted by molar-refractivity contribution is -0.144. The van der Waals surface area contributed by atoms with Crippen LogP contribution in [0.2, 0.25) is 0 Å². The molecule has 0 radical (unpaired) electrons. The van der Waals surface area contributed by atoms with Gasteiger partial charge in [0.2, 0.25) is 0 Å². The Morgan fingerprint density at radius 2 is 1.54 bits per heavy atom. The summed E-state index contributed by atoms with van der Waals surface area (Å²) >= 11 is 0. The molecule has 26 heavy (non-hydrogen) atoms. The molecule has 0 aromatic carbocycles. The molecule has 0 atom stereocenters. The van der Waals surface area contributed by atoms with Crippen molar-refractivity contribution in [3.63, 3.8) is 0 Å². The molecule has 0 bridgehead atoms. The molecule has 4 heteroatoms. The first-order valence-electron chi connectivity index (χ1n) is 9.90. The number of aliphatic carboxylic acids is 1. The molecule has 2 rings (SSSR count). The third-order valence-electron chi connectivity index (χ3n) is 5.72. The molecule has 0 unspecified atom stereocenters. The summed E-state index contributed by atoms with van der Waals surface area (Å²) in [5.41, 5.74) is 0.762. The number of hydrogen-bond donors (Lipinski definition) is 1. The largest absolute Gasteiger partial charge is 0.478 e. The average molecular weight is 365 g/mol. The second-order valence-electron chi connectivity index (χ2n) is 8.65. The van der Waals surface area contributed by atoms with Crippen LogP contribution in [0.3, 0.4) is 0 Å². The number of esters is 1. The monoisotopic (exact) mass is 364 g/mol. The third-order valence-corrected chi connectivity index (χ3v) is 5.72. The number of carbonyl (C=O) groups excluding carboxylic acids is 1. The van der Waals surface area contributed by atoms with Gasteiger partial charge in [0.05, 0.1) is 0 Å². The molecule has 2 saturated carbocycles. The maximum Gasteiger partial charge on any atom is 0.331 e. The van der Waals surface area contributed by atoms with Crippen molar-refractivity contribution in [3.05, 3.63) is 24.8 Å². The van der Waals surface area contributed by atoms with E-state index >= 15 is 0 Å². The van der Waals surface area contributed by atoms with Gasteiger partial charge in [0, 0.05) is 11.6 Å². The molecule has 1 N–H and O–H groups in total. The van der Waals surface area contributed by atoms with Crippen molar-refractivity contribution in [3.8, 4) is 0 Å². The number of carboxylic acid groups (broad SMARTS) is 1. The van der Waals surface area contributed by atoms with Crippen molar-refractivity contribution in [2.24, 2.45) is 17.3 Å². The van der Waals surface area contributed by atoms with Gasteiger partial charge in [-0.2, -0.15) is 0 Å². The summed E-state index contributed by atoms with van der Waals surface area (Å²) in [6.45, 7) is 13.8. The lowest BCUT2D eigenvalue weighted by atomic mass is 9.69. The lowest BCUT2D eigenvalue weighted by Gasteiger charge is -2.37. The highest BCUT2D eigenvalue weighted by atomic mass is 16.5. The predicted octanol–water partition coefficient (Wildman–Crippen LogP) is 5.53. The zero-order chi connectivity index (χ0) is 19.7. The Balaban J connectivity index is 0.000000273. The van der Waals surface area contributed by atoms with E-state index in [1.54, 1.807) is 0 Å². The van der Waals surface area contributed by atoms with Crippen molar-refractivity contribution in [1.29, 1.82) is 0 Å². The molecule has 2 aliphatic rings. The Bertz CT molecular complexity index is 487. The maximum atomic E-state index is 10.8. The number of carbonyl (C=O) groups is 2. The molecule has 0 aliphatic heterocycles. The predicted molar refractivity (Wildman–Crippen MR) is 105 cm³/mol. The van der Waals surface area contributed by atoms with E-state index in [4.69, 9.17) is 9.84 Å². The smallest absolute Gasteiger partial charge is 0.331 e. The summed E-state index contributed by atoms with van der Waals surface area (Å²) in [7, 11) is 0. The normalized spacial score (nSPS) is 24.0. The SMILES string of the molecule is C=C(C(=O)O)C1CCC(C(C)(C)C)CC1.C=CC(=O)OC1CCCCC1. The van der Waals surface area contributed by atoms with Crippen molar-refractivity contribution in [2.75, 3.05) is 0 Å². The molecular weight excluding hydrogens is 328 g/mol. The fourth-order valence-corrected chi connectivity index (χ4v) is 3.88. The molecule has 2 fully saturated rings. The molecule has 148 valence electrons. The minimum atomic E-state index is -0.825. The number of hydrogen-bond acceptors (Lipinski definition) is 3. The van der Waals surface area contributed by atoms with E-state index in [9.17, 15) is 9.59 Å².